The predicted octanol–water partition coefficient (Wildman–Crippen LogP) is 4.18. The van der Waals surface area contributed by atoms with E-state index < -0.39 is 0 Å². The first kappa shape index (κ1) is 34.4. The van der Waals surface area contributed by atoms with Gasteiger partial charge < -0.3 is 31.3 Å². The van der Waals surface area contributed by atoms with Gasteiger partial charge >= 0.3 is 17.1 Å². The molecular formula is C30H28BrCuN8O4. The minimum atomic E-state index is -0.388. The van der Waals surface area contributed by atoms with Crippen LogP contribution < -0.4 is 11.1 Å². The molecular weight excluding hydrogens is 680 g/mol. The van der Waals surface area contributed by atoms with Crippen LogP contribution in [-0.4, -0.2) is 56.3 Å². The van der Waals surface area contributed by atoms with E-state index in [1.807, 2.05) is 18.2 Å². The summed E-state index contributed by atoms with van der Waals surface area (Å²) in [6.07, 6.45) is 10.00. The summed E-state index contributed by atoms with van der Waals surface area (Å²) in [4.78, 5) is 46.8. The first-order chi connectivity index (χ1) is 21.0. The summed E-state index contributed by atoms with van der Waals surface area (Å²) in [6.45, 7) is 7.45. The van der Waals surface area contributed by atoms with Crippen molar-refractivity contribution in [2.75, 3.05) is 26.4 Å². The Morgan fingerprint density at radius 2 is 1.16 bits per heavy atom. The number of nitriles is 1. The molecule has 0 unspecified atom stereocenters. The Kier molecular flexibility index (Phi) is 13.5. The van der Waals surface area contributed by atoms with Crippen molar-refractivity contribution in [1.29, 1.82) is 10.5 Å². The van der Waals surface area contributed by atoms with Gasteiger partial charge in [0.15, 0.2) is 0 Å². The van der Waals surface area contributed by atoms with Gasteiger partial charge in [0.1, 0.15) is 27.8 Å². The number of ether oxygens (including phenoxy) is 2. The van der Waals surface area contributed by atoms with Crippen molar-refractivity contribution in [3.63, 3.8) is 0 Å². The van der Waals surface area contributed by atoms with E-state index in [1.165, 1.54) is 0 Å². The number of H-pyrrole nitrogens is 2. The first-order valence-corrected chi connectivity index (χ1v) is 14.4. The van der Waals surface area contributed by atoms with Crippen LogP contribution in [0.15, 0.2) is 63.1 Å². The fourth-order valence-corrected chi connectivity index (χ4v) is 5.39. The van der Waals surface area contributed by atoms with E-state index >= 15 is 0 Å². The van der Waals surface area contributed by atoms with Gasteiger partial charge in [0, 0.05) is 74.2 Å². The molecule has 0 aromatic carbocycles. The monoisotopic (exact) mass is 706 g/mol. The fourth-order valence-electron chi connectivity index (χ4n) is 4.88. The van der Waals surface area contributed by atoms with Crippen molar-refractivity contribution in [1.82, 2.24) is 29.9 Å². The van der Waals surface area contributed by atoms with Crippen LogP contribution in [0.5, 0.6) is 0 Å². The first-order valence-electron chi connectivity index (χ1n) is 13.6. The number of nitrogens with one attached hydrogen (secondary N) is 2. The number of aromatic amines is 2. The van der Waals surface area contributed by atoms with Crippen LogP contribution in [-0.2, 0) is 26.5 Å². The average Bonchev–Trinajstić information content (AvgIpc) is 3.08. The third-order valence-corrected chi connectivity index (χ3v) is 7.84. The Balaban J connectivity index is 0.000000223. The molecule has 2 aliphatic heterocycles. The number of aromatic nitrogens is 6. The van der Waals surface area contributed by atoms with Crippen LogP contribution in [0.4, 0.5) is 0 Å². The largest absolute Gasteiger partial charge is 1.00 e. The Bertz CT molecular complexity index is 1680. The van der Waals surface area contributed by atoms with Crippen molar-refractivity contribution >= 4 is 15.9 Å². The Labute approximate surface area is 272 Å². The molecule has 0 amide bonds. The number of halogens is 1. The molecule has 0 bridgehead atoms. The molecule has 2 fully saturated rings. The predicted molar refractivity (Wildman–Crippen MR) is 159 cm³/mol. The second kappa shape index (κ2) is 17.3. The van der Waals surface area contributed by atoms with E-state index in [-0.39, 0.29) is 45.6 Å². The molecule has 0 aliphatic carbocycles. The van der Waals surface area contributed by atoms with Crippen LogP contribution in [0.1, 0.15) is 54.5 Å². The minimum absolute atomic E-state index is 0. The Hall–Kier alpha value is -4.04. The van der Waals surface area contributed by atoms with Gasteiger partial charge in [-0.3, -0.25) is 19.6 Å². The topological polar surface area (TPSA) is 183 Å². The minimum Gasteiger partial charge on any atom is -0.512 e. The van der Waals surface area contributed by atoms with Gasteiger partial charge in [0.25, 0.3) is 11.1 Å². The molecule has 2 N–H and O–H groups in total. The van der Waals surface area contributed by atoms with Gasteiger partial charge in [0.05, 0.1) is 11.4 Å². The van der Waals surface area contributed by atoms with E-state index in [9.17, 15) is 14.9 Å². The zero-order valence-electron chi connectivity index (χ0n) is 23.4. The van der Waals surface area contributed by atoms with Crippen molar-refractivity contribution in [2.45, 2.75) is 37.5 Å². The third-order valence-electron chi connectivity index (χ3n) is 7.07. The van der Waals surface area contributed by atoms with Crippen LogP contribution in [0.2, 0.25) is 0 Å². The number of hydrogen-bond acceptors (Lipinski definition) is 10. The molecule has 230 valence electrons. The van der Waals surface area contributed by atoms with Gasteiger partial charge in [-0.15, -0.1) is 0 Å². The third kappa shape index (κ3) is 8.53. The van der Waals surface area contributed by atoms with E-state index in [0.717, 1.165) is 55.7 Å². The molecule has 4 aromatic heterocycles. The molecule has 2 saturated heterocycles. The van der Waals surface area contributed by atoms with E-state index in [0.29, 0.717) is 35.0 Å². The normalized spacial score (nSPS) is 14.9. The number of hydrogen-bond donors (Lipinski definition) is 2. The molecule has 6 heterocycles. The smallest absolute Gasteiger partial charge is 0.512 e. The SMILES string of the molecule is N#Cc1c(C2CCOCC2)nc(-c2ccncc2)[nH]c1=O.O=c1[nH]c(-c2ccncc2)nc(C2CCOCC2)c1Br.[C-]#N.[Cu+]. The van der Waals surface area contributed by atoms with Crippen molar-refractivity contribution in [3.8, 4) is 28.8 Å². The molecule has 2 aliphatic rings. The summed E-state index contributed by atoms with van der Waals surface area (Å²) < 4.78 is 11.2. The number of nitrogens with zero attached hydrogens (tertiary/aromatic N) is 6. The van der Waals surface area contributed by atoms with E-state index in [1.54, 1.807) is 36.9 Å². The Morgan fingerprint density at radius 3 is 1.61 bits per heavy atom. The molecule has 0 atom stereocenters. The molecule has 6 rings (SSSR count). The summed E-state index contributed by atoms with van der Waals surface area (Å²) >= 11 is 3.36. The maximum absolute atomic E-state index is 12.1. The van der Waals surface area contributed by atoms with Gasteiger partial charge in [-0.05, 0) is 65.9 Å². The van der Waals surface area contributed by atoms with Crippen molar-refractivity contribution < 1.29 is 26.5 Å². The quantitative estimate of drug-likeness (QED) is 0.231. The summed E-state index contributed by atoms with van der Waals surface area (Å²) in [5.74, 6) is 1.42. The zero-order valence-corrected chi connectivity index (χ0v) is 26.0. The van der Waals surface area contributed by atoms with Crippen molar-refractivity contribution in [2.24, 2.45) is 0 Å². The molecule has 0 radical (unpaired) electrons. The second-order valence-electron chi connectivity index (χ2n) is 9.65. The zero-order chi connectivity index (χ0) is 30.6. The average molecular weight is 708 g/mol. The number of rotatable bonds is 4. The van der Waals surface area contributed by atoms with Crippen LogP contribution >= 0.6 is 15.9 Å². The summed E-state index contributed by atoms with van der Waals surface area (Å²) in [7, 11) is 0. The van der Waals surface area contributed by atoms with Gasteiger partial charge in [-0.1, -0.05) is 0 Å². The standard InChI is InChI=1S/C15H14N4O2.C14H14BrN3O2.CN.Cu/c16-9-12-13(10-3-7-21-8-4-10)18-14(19-15(12)20)11-1-5-17-6-2-11;15-11-12(9-3-7-20-8-4-9)17-13(18-14(11)19)10-1-5-16-6-2-10;1-2;/h1-2,5-6,10H,3-4,7-8H2,(H,18,19,20);1-2,5-6,9H,3-4,7-8H2,(H,17,18,19);;/q;;-1;+1. The number of pyridine rings is 2. The van der Waals surface area contributed by atoms with E-state index in [4.69, 9.17) is 21.3 Å². The van der Waals surface area contributed by atoms with Crippen molar-refractivity contribution in [3.05, 3.63) is 97.8 Å². The van der Waals surface area contributed by atoms with Gasteiger partial charge in [-0.25, -0.2) is 9.97 Å². The fraction of sp³-hybridized carbons (Fsp3) is 0.333. The molecule has 0 saturated carbocycles. The molecule has 44 heavy (non-hydrogen) atoms. The van der Waals surface area contributed by atoms with Gasteiger partial charge in [0.2, 0.25) is 0 Å². The molecule has 4 aromatic rings. The maximum atomic E-state index is 12.1. The van der Waals surface area contributed by atoms with E-state index in [2.05, 4.69) is 45.8 Å². The second-order valence-corrected chi connectivity index (χ2v) is 10.4. The summed E-state index contributed by atoms with van der Waals surface area (Å²) in [5, 5.41) is 15.5. The van der Waals surface area contributed by atoms with Crippen LogP contribution in [0.25, 0.3) is 22.8 Å². The molecule has 0 spiro atoms. The van der Waals surface area contributed by atoms with Crippen LogP contribution in [0.3, 0.4) is 0 Å². The Morgan fingerprint density at radius 1 is 0.750 bits per heavy atom. The maximum Gasteiger partial charge on any atom is 1.00 e. The molecule has 12 nitrogen and oxygen atoms in total. The summed E-state index contributed by atoms with van der Waals surface area (Å²) in [5.41, 5.74) is 2.62. The van der Waals surface area contributed by atoms with Crippen LogP contribution in [0, 0.1) is 23.2 Å². The summed E-state index contributed by atoms with van der Waals surface area (Å²) in [6, 6.07) is 9.20. The van der Waals surface area contributed by atoms with Gasteiger partial charge in [-0.2, -0.15) is 5.26 Å². The molecule has 14 heteroatoms.